The standard InChI is InChI=1S/C34H40N4O5/c1-22(39)38(3)28-15-9-23(10-16-28)17-30(40)36-27-18-29(24-7-5-4-6-8-24)31(35-19-27)25-11-13-26(14-12-25)34(37-32(41)42)20-33(2,43)21-34/h4-8,11-14,18-19,23,28,37,43H,9-10,15-17,20-21H2,1-3H3,(H,36,40)(H,41,42). The van der Waals surface area contributed by atoms with Crippen molar-refractivity contribution in [3.63, 3.8) is 0 Å². The molecule has 9 nitrogen and oxygen atoms in total. The fourth-order valence-electron chi connectivity index (χ4n) is 6.83. The molecule has 0 radical (unpaired) electrons. The minimum Gasteiger partial charge on any atom is -0.465 e. The van der Waals surface area contributed by atoms with Crippen molar-refractivity contribution in [2.75, 3.05) is 12.4 Å². The van der Waals surface area contributed by atoms with E-state index in [9.17, 15) is 24.6 Å². The molecule has 2 saturated carbocycles. The van der Waals surface area contributed by atoms with Crippen LogP contribution in [0, 0.1) is 5.92 Å². The fourth-order valence-corrected chi connectivity index (χ4v) is 6.83. The molecule has 1 heterocycles. The van der Waals surface area contributed by atoms with E-state index >= 15 is 0 Å². The predicted octanol–water partition coefficient (Wildman–Crippen LogP) is 5.79. The average molecular weight is 585 g/mol. The van der Waals surface area contributed by atoms with Gasteiger partial charge in [-0.15, -0.1) is 0 Å². The van der Waals surface area contributed by atoms with Crippen LogP contribution in [0.25, 0.3) is 22.4 Å². The summed E-state index contributed by atoms with van der Waals surface area (Å²) in [6.45, 7) is 3.30. The number of hydrogen-bond donors (Lipinski definition) is 4. The van der Waals surface area contributed by atoms with Gasteiger partial charge in [0.05, 0.1) is 28.7 Å². The zero-order valence-electron chi connectivity index (χ0n) is 25.0. The van der Waals surface area contributed by atoms with E-state index in [1.807, 2.05) is 72.6 Å². The number of benzene rings is 2. The Kier molecular flexibility index (Phi) is 8.55. The van der Waals surface area contributed by atoms with Gasteiger partial charge in [-0.1, -0.05) is 54.6 Å². The molecule has 2 fully saturated rings. The summed E-state index contributed by atoms with van der Waals surface area (Å²) >= 11 is 0. The molecule has 1 aromatic heterocycles. The molecule has 2 aliphatic rings. The van der Waals surface area contributed by atoms with E-state index in [2.05, 4.69) is 10.6 Å². The van der Waals surface area contributed by atoms with Gasteiger partial charge in [-0.3, -0.25) is 14.6 Å². The van der Waals surface area contributed by atoms with Gasteiger partial charge in [-0.2, -0.15) is 0 Å². The smallest absolute Gasteiger partial charge is 0.405 e. The van der Waals surface area contributed by atoms with Crippen molar-refractivity contribution in [1.29, 1.82) is 0 Å². The summed E-state index contributed by atoms with van der Waals surface area (Å²) < 4.78 is 0. The number of hydrogen-bond acceptors (Lipinski definition) is 5. The van der Waals surface area contributed by atoms with Crippen LogP contribution in [0.1, 0.15) is 64.4 Å². The van der Waals surface area contributed by atoms with E-state index in [0.29, 0.717) is 24.9 Å². The lowest BCUT2D eigenvalue weighted by Crippen LogP contribution is -2.61. The first-order valence-corrected chi connectivity index (χ1v) is 14.9. The number of carbonyl (C=O) groups is 3. The van der Waals surface area contributed by atoms with E-state index < -0.39 is 17.2 Å². The van der Waals surface area contributed by atoms with Crippen LogP contribution in [0.3, 0.4) is 0 Å². The number of carbonyl (C=O) groups excluding carboxylic acids is 2. The summed E-state index contributed by atoms with van der Waals surface area (Å²) in [6.07, 6.45) is 5.22. The van der Waals surface area contributed by atoms with Crippen LogP contribution in [0.5, 0.6) is 0 Å². The van der Waals surface area contributed by atoms with Gasteiger partial charge in [0.25, 0.3) is 0 Å². The maximum absolute atomic E-state index is 13.0. The second kappa shape index (κ2) is 12.2. The number of anilines is 1. The topological polar surface area (TPSA) is 132 Å². The number of rotatable bonds is 8. The van der Waals surface area contributed by atoms with Gasteiger partial charge >= 0.3 is 6.09 Å². The third kappa shape index (κ3) is 6.88. The Morgan fingerprint density at radius 3 is 2.21 bits per heavy atom. The number of amides is 3. The number of aromatic nitrogens is 1. The van der Waals surface area contributed by atoms with Crippen molar-refractivity contribution in [2.45, 2.75) is 76.0 Å². The summed E-state index contributed by atoms with van der Waals surface area (Å²) in [6, 6.07) is 19.7. The normalized spacial score (nSPS) is 24.8. The summed E-state index contributed by atoms with van der Waals surface area (Å²) in [5.41, 5.74) is 3.07. The zero-order chi connectivity index (χ0) is 30.8. The molecule has 226 valence electrons. The first kappa shape index (κ1) is 30.2. The highest BCUT2D eigenvalue weighted by Crippen LogP contribution is 2.48. The van der Waals surface area contributed by atoms with E-state index in [1.54, 1.807) is 20.0 Å². The molecular weight excluding hydrogens is 544 g/mol. The Bertz CT molecular complexity index is 1470. The Hall–Kier alpha value is -4.24. The zero-order valence-corrected chi connectivity index (χ0v) is 25.0. The summed E-state index contributed by atoms with van der Waals surface area (Å²) in [5.74, 6) is 0.317. The summed E-state index contributed by atoms with van der Waals surface area (Å²) in [5, 5.41) is 25.4. The fraction of sp³-hybridized carbons (Fsp3) is 0.412. The van der Waals surface area contributed by atoms with Crippen molar-refractivity contribution >= 4 is 23.6 Å². The molecule has 0 spiro atoms. The summed E-state index contributed by atoms with van der Waals surface area (Å²) in [4.78, 5) is 42.8. The van der Waals surface area contributed by atoms with Gasteiger partial charge in [0, 0.05) is 50.4 Å². The van der Waals surface area contributed by atoms with E-state index in [1.165, 1.54) is 0 Å². The van der Waals surface area contributed by atoms with Gasteiger partial charge in [0.1, 0.15) is 0 Å². The highest BCUT2D eigenvalue weighted by molar-refractivity contribution is 5.93. The minimum absolute atomic E-state index is 0.0473. The van der Waals surface area contributed by atoms with E-state index in [4.69, 9.17) is 4.98 Å². The van der Waals surface area contributed by atoms with Crippen LogP contribution in [-0.4, -0.2) is 56.7 Å². The molecule has 3 amide bonds. The van der Waals surface area contributed by atoms with Crippen LogP contribution < -0.4 is 10.6 Å². The van der Waals surface area contributed by atoms with Gasteiger partial charge in [0.15, 0.2) is 0 Å². The molecule has 4 N–H and O–H groups in total. The van der Waals surface area contributed by atoms with Gasteiger partial charge in [-0.05, 0) is 55.7 Å². The number of aliphatic hydroxyl groups is 1. The quantitative estimate of drug-likeness (QED) is 0.265. The third-order valence-corrected chi connectivity index (χ3v) is 9.01. The maximum atomic E-state index is 13.0. The highest BCUT2D eigenvalue weighted by Gasteiger charge is 2.53. The predicted molar refractivity (Wildman–Crippen MR) is 165 cm³/mol. The lowest BCUT2D eigenvalue weighted by molar-refractivity contribution is -0.130. The van der Waals surface area contributed by atoms with Gasteiger partial charge < -0.3 is 25.7 Å². The molecule has 0 aliphatic heterocycles. The summed E-state index contributed by atoms with van der Waals surface area (Å²) in [7, 11) is 1.85. The molecule has 0 atom stereocenters. The van der Waals surface area contributed by atoms with Crippen molar-refractivity contribution in [3.8, 4) is 22.4 Å². The molecule has 3 aromatic rings. The number of nitrogens with one attached hydrogen (secondary N) is 2. The van der Waals surface area contributed by atoms with Crippen molar-refractivity contribution < 1.29 is 24.6 Å². The molecule has 0 unspecified atom stereocenters. The lowest BCUT2D eigenvalue weighted by atomic mass is 9.62. The molecule has 9 heteroatoms. The van der Waals surface area contributed by atoms with Crippen LogP contribution >= 0.6 is 0 Å². The van der Waals surface area contributed by atoms with E-state index in [0.717, 1.165) is 53.6 Å². The van der Waals surface area contributed by atoms with Crippen molar-refractivity contribution in [1.82, 2.24) is 15.2 Å². The van der Waals surface area contributed by atoms with Crippen molar-refractivity contribution in [2.24, 2.45) is 5.92 Å². The maximum Gasteiger partial charge on any atom is 0.405 e. The Morgan fingerprint density at radius 1 is 0.977 bits per heavy atom. The van der Waals surface area contributed by atoms with Gasteiger partial charge in [-0.25, -0.2) is 4.79 Å². The molecule has 2 aliphatic carbocycles. The Labute approximate surface area is 252 Å². The third-order valence-electron chi connectivity index (χ3n) is 9.01. The molecular formula is C34H40N4O5. The lowest BCUT2D eigenvalue weighted by Gasteiger charge is -2.51. The number of pyridine rings is 1. The Morgan fingerprint density at radius 2 is 1.63 bits per heavy atom. The minimum atomic E-state index is -1.13. The molecule has 0 saturated heterocycles. The molecule has 2 aromatic carbocycles. The van der Waals surface area contributed by atoms with Crippen LogP contribution in [0.2, 0.25) is 0 Å². The first-order chi connectivity index (χ1) is 20.4. The first-order valence-electron chi connectivity index (χ1n) is 14.9. The second-order valence-corrected chi connectivity index (χ2v) is 12.5. The van der Waals surface area contributed by atoms with Gasteiger partial charge in [0.2, 0.25) is 11.8 Å². The van der Waals surface area contributed by atoms with Crippen LogP contribution in [0.15, 0.2) is 66.9 Å². The second-order valence-electron chi connectivity index (χ2n) is 12.5. The van der Waals surface area contributed by atoms with Crippen LogP contribution in [0.4, 0.5) is 10.5 Å². The Balaban J connectivity index is 1.33. The number of carboxylic acid groups (broad SMARTS) is 1. The average Bonchev–Trinajstić information content (AvgIpc) is 2.96. The highest BCUT2D eigenvalue weighted by atomic mass is 16.4. The monoisotopic (exact) mass is 584 g/mol. The largest absolute Gasteiger partial charge is 0.465 e. The molecule has 0 bridgehead atoms. The van der Waals surface area contributed by atoms with Crippen molar-refractivity contribution in [3.05, 3.63) is 72.4 Å². The SMILES string of the molecule is CC(=O)N(C)C1CCC(CC(=O)Nc2cnc(-c3ccc(C4(NC(=O)O)CC(C)(O)C4)cc3)c(-c3ccccc3)c2)CC1. The molecule has 43 heavy (non-hydrogen) atoms. The van der Waals surface area contributed by atoms with Crippen LogP contribution in [-0.2, 0) is 15.1 Å². The molecule has 5 rings (SSSR count). The number of nitrogens with zero attached hydrogens (tertiary/aromatic N) is 2. The van der Waals surface area contributed by atoms with E-state index in [-0.39, 0.29) is 23.8 Å².